The van der Waals surface area contributed by atoms with Crippen LogP contribution < -0.4 is 5.32 Å². The van der Waals surface area contributed by atoms with Crippen LogP contribution in [0.25, 0.3) is 0 Å². The van der Waals surface area contributed by atoms with Gasteiger partial charge in [-0.15, -0.1) is 0 Å². The number of carbonyl (C=O) groups is 2. The summed E-state index contributed by atoms with van der Waals surface area (Å²) in [5, 5.41) is 23.3. The topological polar surface area (TPSA) is 95.9 Å². The van der Waals surface area contributed by atoms with Crippen LogP contribution >= 0.6 is 0 Å². The molecule has 0 radical (unpaired) electrons. The van der Waals surface area contributed by atoms with Gasteiger partial charge in [-0.25, -0.2) is 0 Å². The molecule has 0 fully saturated rings. The fourth-order valence-electron chi connectivity index (χ4n) is 11.3. The number of amides is 1. The van der Waals surface area contributed by atoms with E-state index in [-0.39, 0.29) is 18.5 Å². The van der Waals surface area contributed by atoms with Crippen molar-refractivity contribution in [3.8, 4) is 0 Å². The third kappa shape index (κ3) is 63.5. The van der Waals surface area contributed by atoms with Gasteiger partial charge in [-0.2, -0.15) is 0 Å². The minimum atomic E-state index is -0.663. The van der Waals surface area contributed by atoms with E-state index in [1.54, 1.807) is 0 Å². The van der Waals surface area contributed by atoms with Crippen molar-refractivity contribution < 1.29 is 24.5 Å². The van der Waals surface area contributed by atoms with E-state index >= 15 is 0 Å². The molecule has 0 aromatic rings. The first-order valence-electron chi connectivity index (χ1n) is 35.6. The Labute approximate surface area is 488 Å². The number of hydrogen-bond acceptors (Lipinski definition) is 5. The Bertz CT molecular complexity index is 1220. The number of hydrogen-bond donors (Lipinski definition) is 3. The van der Waals surface area contributed by atoms with Crippen LogP contribution in [0.2, 0.25) is 0 Å². The second-order valence-electron chi connectivity index (χ2n) is 24.6. The lowest BCUT2D eigenvalue weighted by atomic mass is 10.0. The molecule has 3 N–H and O–H groups in total. The van der Waals surface area contributed by atoms with Crippen LogP contribution in [-0.4, -0.2) is 47.4 Å². The smallest absolute Gasteiger partial charge is 0.305 e. The van der Waals surface area contributed by atoms with Gasteiger partial charge in [0.1, 0.15) is 0 Å². The number of unbranched alkanes of at least 4 members (excludes halogenated alkanes) is 52. The minimum absolute atomic E-state index is 0.0143. The summed E-state index contributed by atoms with van der Waals surface area (Å²) in [7, 11) is 0. The number of rotatable bonds is 67. The van der Waals surface area contributed by atoms with Crippen molar-refractivity contribution in [2.45, 2.75) is 411 Å². The summed E-state index contributed by atoms with van der Waals surface area (Å²) in [6.07, 6.45) is 85.2. The van der Waals surface area contributed by atoms with Gasteiger partial charge in [-0.1, -0.05) is 334 Å². The molecule has 0 bridgehead atoms. The van der Waals surface area contributed by atoms with Crippen LogP contribution in [0.15, 0.2) is 24.3 Å². The third-order valence-corrected chi connectivity index (χ3v) is 16.7. The van der Waals surface area contributed by atoms with Gasteiger partial charge in [0.15, 0.2) is 0 Å². The molecule has 78 heavy (non-hydrogen) atoms. The molecule has 6 heteroatoms. The van der Waals surface area contributed by atoms with Crippen molar-refractivity contribution >= 4 is 11.9 Å². The van der Waals surface area contributed by atoms with Gasteiger partial charge in [0.2, 0.25) is 5.91 Å². The SMILES string of the molecule is CCCCCCCCC/C=C\CCCCCCCCCC(=O)OCCCCCCCCCCCCCC/C=C\CCCCCCCCCCCCCCCC(=O)NC(CO)C(O)CCCCCCCCCCCCCCCC. The lowest BCUT2D eigenvalue weighted by molar-refractivity contribution is -0.143. The molecule has 0 aliphatic heterocycles. The Morgan fingerprint density at radius 2 is 0.603 bits per heavy atom. The van der Waals surface area contributed by atoms with Crippen molar-refractivity contribution in [1.29, 1.82) is 0 Å². The molecule has 1 amide bonds. The second-order valence-corrected chi connectivity index (χ2v) is 24.6. The summed E-state index contributed by atoms with van der Waals surface area (Å²) in [5.41, 5.74) is 0. The fraction of sp³-hybridized carbons (Fsp3) is 0.917. The van der Waals surface area contributed by atoms with E-state index in [2.05, 4.69) is 43.5 Å². The van der Waals surface area contributed by atoms with Gasteiger partial charge < -0.3 is 20.3 Å². The van der Waals surface area contributed by atoms with Gasteiger partial charge in [-0.3, -0.25) is 9.59 Å². The van der Waals surface area contributed by atoms with Gasteiger partial charge in [-0.05, 0) is 77.0 Å². The molecular formula is C72H139NO5. The minimum Gasteiger partial charge on any atom is -0.466 e. The average molecular weight is 1100 g/mol. The standard InChI is InChI=1S/C72H139NO5/c1-3-5-7-9-11-13-15-17-19-20-35-38-42-46-50-54-58-62-66-72(77)78-67-63-59-55-51-47-43-39-36-33-31-29-27-25-23-21-22-24-26-28-30-32-34-37-41-45-49-53-57-61-65-71(76)73-69(68-74)70(75)64-60-56-52-48-44-40-18-16-14-12-10-8-6-4-2/h19-21,23,69-70,74-75H,3-18,22,24-68H2,1-2H3,(H,73,76)/b20-19-,23-21-. The molecule has 0 heterocycles. The molecule has 0 rings (SSSR count). The van der Waals surface area contributed by atoms with E-state index in [0.717, 1.165) is 44.9 Å². The van der Waals surface area contributed by atoms with E-state index < -0.39 is 12.1 Å². The maximum Gasteiger partial charge on any atom is 0.305 e. The summed E-state index contributed by atoms with van der Waals surface area (Å²) in [6.45, 7) is 4.98. The largest absolute Gasteiger partial charge is 0.466 e. The molecule has 6 nitrogen and oxygen atoms in total. The van der Waals surface area contributed by atoms with Crippen LogP contribution in [0, 0.1) is 0 Å². The highest BCUT2D eigenvalue weighted by atomic mass is 16.5. The van der Waals surface area contributed by atoms with Gasteiger partial charge >= 0.3 is 5.97 Å². The van der Waals surface area contributed by atoms with Crippen LogP contribution in [0.3, 0.4) is 0 Å². The van der Waals surface area contributed by atoms with Crippen LogP contribution in [0.4, 0.5) is 0 Å². The van der Waals surface area contributed by atoms with Crippen LogP contribution in [0.5, 0.6) is 0 Å². The normalized spacial score (nSPS) is 12.6. The number of aliphatic hydroxyl groups excluding tert-OH is 2. The molecule has 0 aromatic heterocycles. The summed E-state index contributed by atoms with van der Waals surface area (Å²) in [6, 6.07) is -0.540. The zero-order valence-corrected chi connectivity index (χ0v) is 52.9. The van der Waals surface area contributed by atoms with Gasteiger partial charge in [0, 0.05) is 12.8 Å². The van der Waals surface area contributed by atoms with Gasteiger partial charge in [0.05, 0.1) is 25.4 Å². The van der Waals surface area contributed by atoms with E-state index in [1.807, 2.05) is 0 Å². The highest BCUT2D eigenvalue weighted by Gasteiger charge is 2.20. The zero-order valence-electron chi connectivity index (χ0n) is 52.9. The highest BCUT2D eigenvalue weighted by molar-refractivity contribution is 5.76. The van der Waals surface area contributed by atoms with E-state index in [9.17, 15) is 19.8 Å². The Hall–Kier alpha value is -1.66. The first kappa shape index (κ1) is 76.3. The molecule has 0 saturated heterocycles. The Morgan fingerprint density at radius 1 is 0.346 bits per heavy atom. The van der Waals surface area contributed by atoms with E-state index in [4.69, 9.17) is 4.74 Å². The fourth-order valence-corrected chi connectivity index (χ4v) is 11.3. The number of aliphatic hydroxyl groups is 2. The number of esters is 1. The lowest BCUT2D eigenvalue weighted by Crippen LogP contribution is -2.45. The molecule has 0 aromatic carbocycles. The van der Waals surface area contributed by atoms with Crippen molar-refractivity contribution in [1.82, 2.24) is 5.32 Å². The van der Waals surface area contributed by atoms with Crippen molar-refractivity contribution in [2.75, 3.05) is 13.2 Å². The molecule has 0 saturated carbocycles. The molecule has 0 spiro atoms. The number of allylic oxidation sites excluding steroid dienone is 4. The van der Waals surface area contributed by atoms with Crippen molar-refractivity contribution in [2.24, 2.45) is 0 Å². The predicted octanol–water partition coefficient (Wildman–Crippen LogP) is 22.9. The average Bonchev–Trinajstić information content (AvgIpc) is 3.44. The van der Waals surface area contributed by atoms with E-state index in [0.29, 0.717) is 25.9 Å². The Kier molecular flexibility index (Phi) is 66.4. The van der Waals surface area contributed by atoms with Crippen LogP contribution in [0.1, 0.15) is 399 Å². The maximum atomic E-state index is 12.5. The molecule has 462 valence electrons. The van der Waals surface area contributed by atoms with E-state index in [1.165, 1.54) is 321 Å². The second kappa shape index (κ2) is 67.8. The first-order valence-corrected chi connectivity index (χ1v) is 35.6. The quantitative estimate of drug-likeness (QED) is 0.0320. The zero-order chi connectivity index (χ0) is 56.4. The first-order chi connectivity index (χ1) is 38.5. The number of nitrogens with one attached hydrogen (secondary N) is 1. The predicted molar refractivity (Wildman–Crippen MR) is 343 cm³/mol. The highest BCUT2D eigenvalue weighted by Crippen LogP contribution is 2.19. The molecule has 2 atom stereocenters. The summed E-state index contributed by atoms with van der Waals surface area (Å²) < 4.78 is 5.50. The number of carbonyl (C=O) groups excluding carboxylic acids is 2. The number of ether oxygens (including phenoxy) is 1. The van der Waals surface area contributed by atoms with Crippen molar-refractivity contribution in [3.63, 3.8) is 0 Å². The maximum absolute atomic E-state index is 12.5. The molecular weight excluding hydrogens is 959 g/mol. The van der Waals surface area contributed by atoms with Gasteiger partial charge in [0.25, 0.3) is 0 Å². The lowest BCUT2D eigenvalue weighted by Gasteiger charge is -2.22. The molecule has 0 aliphatic rings. The molecule has 2 unspecified atom stereocenters. The Morgan fingerprint density at radius 3 is 0.910 bits per heavy atom. The summed E-state index contributed by atoms with van der Waals surface area (Å²) in [5.74, 6) is -0.0174. The summed E-state index contributed by atoms with van der Waals surface area (Å²) >= 11 is 0. The summed E-state index contributed by atoms with van der Waals surface area (Å²) in [4.78, 5) is 24.6. The third-order valence-electron chi connectivity index (χ3n) is 16.7. The molecule has 0 aliphatic carbocycles. The monoisotopic (exact) mass is 1100 g/mol. The van der Waals surface area contributed by atoms with Crippen molar-refractivity contribution in [3.05, 3.63) is 24.3 Å². The van der Waals surface area contributed by atoms with Crippen LogP contribution in [-0.2, 0) is 14.3 Å². The Balaban J connectivity index is 3.35.